The SMILES string of the molecule is Cc1ccc(S(N)(=O)=O)c(C2CC(F)(F)C2)c1. The average Bonchev–Trinajstić information content (AvgIpc) is 2.11. The Balaban J connectivity index is 2.43. The van der Waals surface area contributed by atoms with E-state index in [2.05, 4.69) is 0 Å². The molecule has 0 saturated heterocycles. The van der Waals surface area contributed by atoms with Crippen molar-refractivity contribution in [2.75, 3.05) is 0 Å². The quantitative estimate of drug-likeness (QED) is 0.886. The van der Waals surface area contributed by atoms with Gasteiger partial charge in [0.05, 0.1) is 4.90 Å². The van der Waals surface area contributed by atoms with Crippen LogP contribution in [0.15, 0.2) is 23.1 Å². The molecular weight excluding hydrogens is 248 g/mol. The molecule has 1 fully saturated rings. The first-order valence-corrected chi connectivity index (χ1v) is 6.75. The summed E-state index contributed by atoms with van der Waals surface area (Å²) in [5.74, 6) is -3.09. The number of benzene rings is 1. The van der Waals surface area contributed by atoms with E-state index in [-0.39, 0.29) is 17.7 Å². The maximum Gasteiger partial charge on any atom is 0.249 e. The van der Waals surface area contributed by atoms with Crippen LogP contribution in [0.2, 0.25) is 0 Å². The summed E-state index contributed by atoms with van der Waals surface area (Å²) in [5, 5.41) is 5.08. The zero-order chi connectivity index (χ0) is 12.8. The van der Waals surface area contributed by atoms with Crippen molar-refractivity contribution in [1.82, 2.24) is 0 Å². The Hall–Kier alpha value is -1.01. The van der Waals surface area contributed by atoms with Crippen LogP contribution in [0.1, 0.15) is 29.9 Å². The Morgan fingerprint density at radius 3 is 2.41 bits per heavy atom. The molecule has 0 amide bonds. The van der Waals surface area contributed by atoms with Gasteiger partial charge in [-0.25, -0.2) is 22.3 Å². The van der Waals surface area contributed by atoms with E-state index in [1.54, 1.807) is 19.1 Å². The minimum Gasteiger partial charge on any atom is -0.225 e. The van der Waals surface area contributed by atoms with Gasteiger partial charge in [-0.3, -0.25) is 0 Å². The predicted molar refractivity (Wildman–Crippen MR) is 59.5 cm³/mol. The summed E-state index contributed by atoms with van der Waals surface area (Å²) >= 11 is 0. The molecule has 1 aromatic carbocycles. The number of hydrogen-bond acceptors (Lipinski definition) is 2. The van der Waals surface area contributed by atoms with Crippen molar-refractivity contribution >= 4 is 10.0 Å². The molecule has 3 nitrogen and oxygen atoms in total. The van der Waals surface area contributed by atoms with Crippen LogP contribution in [0.3, 0.4) is 0 Å². The summed E-state index contributed by atoms with van der Waals surface area (Å²) < 4.78 is 48.4. The van der Waals surface area contributed by atoms with Gasteiger partial charge in [-0.1, -0.05) is 17.7 Å². The van der Waals surface area contributed by atoms with Crippen molar-refractivity contribution in [3.05, 3.63) is 29.3 Å². The Kier molecular flexibility index (Phi) is 2.74. The van der Waals surface area contributed by atoms with Gasteiger partial charge in [0.2, 0.25) is 15.9 Å². The molecule has 1 saturated carbocycles. The lowest BCUT2D eigenvalue weighted by Gasteiger charge is -2.36. The second kappa shape index (κ2) is 3.74. The second-order valence-electron chi connectivity index (χ2n) is 4.55. The van der Waals surface area contributed by atoms with E-state index in [1.165, 1.54) is 6.07 Å². The van der Waals surface area contributed by atoms with E-state index in [9.17, 15) is 17.2 Å². The van der Waals surface area contributed by atoms with Crippen molar-refractivity contribution in [2.45, 2.75) is 36.5 Å². The van der Waals surface area contributed by atoms with Crippen molar-refractivity contribution in [1.29, 1.82) is 0 Å². The molecule has 0 unspecified atom stereocenters. The predicted octanol–water partition coefficient (Wildman–Crippen LogP) is 2.16. The fourth-order valence-corrected chi connectivity index (χ4v) is 2.94. The van der Waals surface area contributed by atoms with Gasteiger partial charge in [0.15, 0.2) is 0 Å². The van der Waals surface area contributed by atoms with Gasteiger partial charge in [-0.2, -0.15) is 0 Å². The lowest BCUT2D eigenvalue weighted by atomic mass is 9.76. The highest BCUT2D eigenvalue weighted by Gasteiger charge is 2.47. The van der Waals surface area contributed by atoms with Gasteiger partial charge >= 0.3 is 0 Å². The summed E-state index contributed by atoms with van der Waals surface area (Å²) in [6, 6.07) is 4.62. The van der Waals surface area contributed by atoms with Gasteiger partial charge < -0.3 is 0 Å². The largest absolute Gasteiger partial charge is 0.249 e. The molecule has 2 N–H and O–H groups in total. The minimum atomic E-state index is -3.85. The summed E-state index contributed by atoms with van der Waals surface area (Å²) in [6.45, 7) is 1.78. The number of aryl methyl sites for hydroxylation is 1. The lowest BCUT2D eigenvalue weighted by molar-refractivity contribution is -0.0873. The topological polar surface area (TPSA) is 60.2 Å². The number of alkyl halides is 2. The van der Waals surface area contributed by atoms with Crippen molar-refractivity contribution in [3.63, 3.8) is 0 Å². The third-order valence-electron chi connectivity index (χ3n) is 3.00. The molecule has 1 aromatic rings. The molecular formula is C11H13F2NO2S. The van der Waals surface area contributed by atoms with Crippen molar-refractivity contribution in [2.24, 2.45) is 5.14 Å². The number of hydrogen-bond donors (Lipinski definition) is 1. The molecule has 94 valence electrons. The first kappa shape index (κ1) is 12.4. The van der Waals surface area contributed by atoms with E-state index < -0.39 is 21.9 Å². The highest BCUT2D eigenvalue weighted by atomic mass is 32.2. The molecule has 17 heavy (non-hydrogen) atoms. The van der Waals surface area contributed by atoms with Crippen molar-refractivity contribution < 1.29 is 17.2 Å². The van der Waals surface area contributed by atoms with E-state index in [1.807, 2.05) is 0 Å². The number of rotatable bonds is 2. The number of primary sulfonamides is 1. The van der Waals surface area contributed by atoms with Gasteiger partial charge in [0, 0.05) is 12.8 Å². The Morgan fingerprint density at radius 2 is 1.94 bits per heavy atom. The maximum atomic E-state index is 12.8. The smallest absolute Gasteiger partial charge is 0.225 e. The molecule has 0 radical (unpaired) electrons. The Morgan fingerprint density at radius 1 is 1.35 bits per heavy atom. The molecule has 2 rings (SSSR count). The first-order valence-electron chi connectivity index (χ1n) is 5.20. The average molecular weight is 261 g/mol. The third-order valence-corrected chi connectivity index (χ3v) is 3.99. The summed E-state index contributed by atoms with van der Waals surface area (Å²) in [4.78, 5) is -0.0383. The van der Waals surface area contributed by atoms with Gasteiger partial charge in [-0.15, -0.1) is 0 Å². The van der Waals surface area contributed by atoms with Crippen LogP contribution in [0, 0.1) is 6.92 Å². The van der Waals surface area contributed by atoms with Gasteiger partial charge in [0.25, 0.3) is 0 Å². The lowest BCUT2D eigenvalue weighted by Crippen LogP contribution is -2.34. The molecule has 0 atom stereocenters. The summed E-state index contributed by atoms with van der Waals surface area (Å²) in [7, 11) is -3.85. The Bertz CT molecular complexity index is 547. The highest BCUT2D eigenvalue weighted by Crippen LogP contribution is 2.49. The van der Waals surface area contributed by atoms with Gasteiger partial charge in [0.1, 0.15) is 0 Å². The highest BCUT2D eigenvalue weighted by molar-refractivity contribution is 7.89. The molecule has 0 aliphatic heterocycles. The third kappa shape index (κ3) is 2.47. The Labute approximate surface area is 98.7 Å². The van der Waals surface area contributed by atoms with Gasteiger partial charge in [-0.05, 0) is 24.5 Å². The van der Waals surface area contributed by atoms with Crippen LogP contribution in [-0.4, -0.2) is 14.3 Å². The fraction of sp³-hybridized carbons (Fsp3) is 0.455. The molecule has 0 spiro atoms. The second-order valence-corrected chi connectivity index (χ2v) is 6.08. The number of sulfonamides is 1. The summed E-state index contributed by atoms with van der Waals surface area (Å²) in [5.41, 5.74) is 1.25. The van der Waals surface area contributed by atoms with Crippen LogP contribution in [-0.2, 0) is 10.0 Å². The monoisotopic (exact) mass is 261 g/mol. The molecule has 0 bridgehead atoms. The van der Waals surface area contributed by atoms with E-state index >= 15 is 0 Å². The molecule has 1 aliphatic rings. The van der Waals surface area contributed by atoms with E-state index in [0.29, 0.717) is 5.56 Å². The maximum absolute atomic E-state index is 12.8. The van der Waals surface area contributed by atoms with E-state index in [0.717, 1.165) is 5.56 Å². The first-order chi connectivity index (χ1) is 7.69. The molecule has 6 heteroatoms. The van der Waals surface area contributed by atoms with Crippen LogP contribution in [0.25, 0.3) is 0 Å². The van der Waals surface area contributed by atoms with Crippen LogP contribution in [0.4, 0.5) is 8.78 Å². The number of halogens is 2. The fourth-order valence-electron chi connectivity index (χ4n) is 2.13. The van der Waals surface area contributed by atoms with Crippen LogP contribution < -0.4 is 5.14 Å². The van der Waals surface area contributed by atoms with Crippen LogP contribution in [0.5, 0.6) is 0 Å². The minimum absolute atomic E-state index is 0.0383. The zero-order valence-electron chi connectivity index (χ0n) is 9.28. The normalized spacial score (nSPS) is 20.0. The van der Waals surface area contributed by atoms with E-state index in [4.69, 9.17) is 5.14 Å². The van der Waals surface area contributed by atoms with Crippen LogP contribution >= 0.6 is 0 Å². The standard InChI is InChI=1S/C11H13F2NO2S/c1-7-2-3-10(17(14,15)16)9(4-7)8-5-11(12,13)6-8/h2-4,8H,5-6H2,1H3,(H2,14,15,16). The van der Waals surface area contributed by atoms with Crippen molar-refractivity contribution in [3.8, 4) is 0 Å². The molecule has 1 aliphatic carbocycles. The molecule has 0 heterocycles. The zero-order valence-corrected chi connectivity index (χ0v) is 10.1. The number of nitrogens with two attached hydrogens (primary N) is 1. The molecule has 0 aromatic heterocycles. The summed E-state index contributed by atoms with van der Waals surface area (Å²) in [6.07, 6.45) is -0.613.